The fourth-order valence-electron chi connectivity index (χ4n) is 2.54. The first kappa shape index (κ1) is 24.9. The molecule has 0 spiro atoms. The summed E-state index contributed by atoms with van der Waals surface area (Å²) < 4.78 is 37.8. The van der Waals surface area contributed by atoms with Crippen LogP contribution in [0.3, 0.4) is 0 Å². The van der Waals surface area contributed by atoms with Crippen molar-refractivity contribution >= 4 is 23.8 Å². The molecule has 4 N–H and O–H groups in total. The Hall–Kier alpha value is -3.11. The number of hydrogen-bond donors (Lipinski definition) is 4. The molecule has 1 rings (SSSR count). The Morgan fingerprint density at radius 2 is 1.57 bits per heavy atom. The van der Waals surface area contributed by atoms with Gasteiger partial charge in [-0.2, -0.15) is 13.2 Å². The lowest BCUT2D eigenvalue weighted by molar-refractivity contribution is -0.143. The molecule has 0 fully saturated rings. The van der Waals surface area contributed by atoms with Gasteiger partial charge in [-0.15, -0.1) is 0 Å². The van der Waals surface area contributed by atoms with E-state index in [1.807, 2.05) is 0 Å². The fourth-order valence-corrected chi connectivity index (χ4v) is 2.54. The van der Waals surface area contributed by atoms with E-state index in [2.05, 4.69) is 10.6 Å². The number of rotatable bonds is 10. The fraction of sp³-hybridized carbons (Fsp3) is 0.474. The number of alkyl halides is 3. The molecule has 0 aliphatic rings. The van der Waals surface area contributed by atoms with Crippen LogP contribution < -0.4 is 10.6 Å². The summed E-state index contributed by atoms with van der Waals surface area (Å²) in [7, 11) is 0. The van der Waals surface area contributed by atoms with Crippen molar-refractivity contribution < 1.29 is 42.6 Å². The Labute approximate surface area is 170 Å². The number of hydrogen-bond acceptors (Lipinski definition) is 4. The largest absolute Gasteiger partial charge is 0.481 e. The maximum absolute atomic E-state index is 12.6. The Morgan fingerprint density at radius 3 is 2.00 bits per heavy atom. The highest BCUT2D eigenvalue weighted by molar-refractivity contribution is 5.91. The molecule has 2 amide bonds. The predicted octanol–water partition coefficient (Wildman–Crippen LogP) is 1.82. The van der Waals surface area contributed by atoms with Gasteiger partial charge >= 0.3 is 18.1 Å². The van der Waals surface area contributed by atoms with Crippen molar-refractivity contribution in [1.29, 1.82) is 0 Å². The molecule has 1 aromatic carbocycles. The molecule has 0 unspecified atom stereocenters. The summed E-state index contributed by atoms with van der Waals surface area (Å²) in [6.45, 7) is 3.21. The van der Waals surface area contributed by atoms with Gasteiger partial charge < -0.3 is 20.8 Å². The maximum atomic E-state index is 12.6. The number of carbonyl (C=O) groups excluding carboxylic acids is 2. The van der Waals surface area contributed by atoms with Crippen LogP contribution >= 0.6 is 0 Å². The lowest BCUT2D eigenvalue weighted by Gasteiger charge is -2.24. The SMILES string of the molecule is CC(C)[C@H](NC(=O)Cc1ccc(C(F)(F)F)cc1)C(=O)N[C@H](CCC(=O)O)C(=O)O. The smallest absolute Gasteiger partial charge is 0.416 e. The predicted molar refractivity (Wildman–Crippen MR) is 98.4 cm³/mol. The van der Waals surface area contributed by atoms with E-state index in [9.17, 15) is 32.3 Å². The van der Waals surface area contributed by atoms with Crippen LogP contribution in [0.1, 0.15) is 37.8 Å². The van der Waals surface area contributed by atoms with Crippen molar-refractivity contribution in [3.63, 3.8) is 0 Å². The minimum Gasteiger partial charge on any atom is -0.481 e. The second-order valence-corrected chi connectivity index (χ2v) is 6.99. The number of aliphatic carboxylic acids is 2. The van der Waals surface area contributed by atoms with Gasteiger partial charge in [-0.25, -0.2) is 4.79 Å². The van der Waals surface area contributed by atoms with Crippen molar-refractivity contribution in [3.8, 4) is 0 Å². The summed E-state index contributed by atoms with van der Waals surface area (Å²) in [6, 6.07) is 1.43. The van der Waals surface area contributed by atoms with E-state index in [1.54, 1.807) is 13.8 Å². The molecule has 0 saturated carbocycles. The van der Waals surface area contributed by atoms with Gasteiger partial charge in [0.1, 0.15) is 12.1 Å². The van der Waals surface area contributed by atoms with Crippen molar-refractivity contribution in [1.82, 2.24) is 10.6 Å². The highest BCUT2D eigenvalue weighted by Gasteiger charge is 2.31. The first-order chi connectivity index (χ1) is 13.8. The Bertz CT molecular complexity index is 777. The molecule has 11 heteroatoms. The molecule has 8 nitrogen and oxygen atoms in total. The van der Waals surface area contributed by atoms with E-state index < -0.39 is 59.9 Å². The van der Waals surface area contributed by atoms with Gasteiger partial charge in [-0.1, -0.05) is 26.0 Å². The Morgan fingerprint density at radius 1 is 1.00 bits per heavy atom. The van der Waals surface area contributed by atoms with Gasteiger partial charge in [0.15, 0.2) is 0 Å². The minimum absolute atomic E-state index is 0.282. The van der Waals surface area contributed by atoms with E-state index in [1.165, 1.54) is 0 Å². The van der Waals surface area contributed by atoms with Crippen LogP contribution in [0, 0.1) is 5.92 Å². The van der Waals surface area contributed by atoms with Crippen LogP contribution in [0.25, 0.3) is 0 Å². The molecule has 166 valence electrons. The summed E-state index contributed by atoms with van der Waals surface area (Å²) in [5, 5.41) is 22.4. The van der Waals surface area contributed by atoms with E-state index in [4.69, 9.17) is 10.2 Å². The third kappa shape index (κ3) is 8.10. The summed E-state index contributed by atoms with van der Waals surface area (Å²) in [5.74, 6) is -4.51. The molecule has 0 bridgehead atoms. The third-order valence-electron chi connectivity index (χ3n) is 4.17. The molecule has 0 aliphatic carbocycles. The number of amides is 2. The zero-order valence-electron chi connectivity index (χ0n) is 16.3. The molecule has 0 saturated heterocycles. The molecule has 1 aromatic rings. The summed E-state index contributed by atoms with van der Waals surface area (Å²) in [6.07, 6.45) is -5.58. The zero-order valence-corrected chi connectivity index (χ0v) is 16.3. The summed E-state index contributed by atoms with van der Waals surface area (Å²) in [5.41, 5.74) is -0.555. The van der Waals surface area contributed by atoms with Crippen LogP contribution in [-0.4, -0.2) is 46.0 Å². The Kier molecular flexibility index (Phi) is 8.81. The molecule has 0 aliphatic heterocycles. The van der Waals surface area contributed by atoms with E-state index in [-0.39, 0.29) is 12.8 Å². The molecular formula is C19H23F3N2O6. The molecule has 0 heterocycles. The quantitative estimate of drug-likeness (QED) is 0.446. The van der Waals surface area contributed by atoms with E-state index >= 15 is 0 Å². The van der Waals surface area contributed by atoms with E-state index in [0.717, 1.165) is 24.3 Å². The zero-order chi connectivity index (χ0) is 23.1. The van der Waals surface area contributed by atoms with Crippen LogP contribution in [0.15, 0.2) is 24.3 Å². The third-order valence-corrected chi connectivity index (χ3v) is 4.17. The molecule has 0 aromatic heterocycles. The number of carboxylic acid groups (broad SMARTS) is 2. The second-order valence-electron chi connectivity index (χ2n) is 6.99. The summed E-state index contributed by atoms with van der Waals surface area (Å²) >= 11 is 0. The second kappa shape index (κ2) is 10.6. The molecule has 0 radical (unpaired) electrons. The number of carboxylic acids is 2. The van der Waals surface area contributed by atoms with Crippen LogP contribution in [-0.2, 0) is 31.8 Å². The Balaban J connectivity index is 2.77. The molecule has 30 heavy (non-hydrogen) atoms. The van der Waals surface area contributed by atoms with Gasteiger partial charge in [0.2, 0.25) is 11.8 Å². The normalized spacial score (nSPS) is 13.4. The maximum Gasteiger partial charge on any atom is 0.416 e. The van der Waals surface area contributed by atoms with Gasteiger partial charge in [0.05, 0.1) is 12.0 Å². The average Bonchev–Trinajstić information content (AvgIpc) is 2.62. The average molecular weight is 432 g/mol. The van der Waals surface area contributed by atoms with E-state index in [0.29, 0.717) is 5.56 Å². The van der Waals surface area contributed by atoms with Crippen LogP contribution in [0.4, 0.5) is 13.2 Å². The molecular weight excluding hydrogens is 409 g/mol. The van der Waals surface area contributed by atoms with Crippen molar-refractivity contribution in [2.24, 2.45) is 5.92 Å². The topological polar surface area (TPSA) is 133 Å². The van der Waals surface area contributed by atoms with Crippen LogP contribution in [0.2, 0.25) is 0 Å². The van der Waals surface area contributed by atoms with Crippen molar-refractivity contribution in [3.05, 3.63) is 35.4 Å². The van der Waals surface area contributed by atoms with Crippen molar-refractivity contribution in [2.45, 2.75) is 51.4 Å². The number of halogens is 3. The monoisotopic (exact) mass is 432 g/mol. The summed E-state index contributed by atoms with van der Waals surface area (Å²) in [4.78, 5) is 46.5. The number of nitrogens with one attached hydrogen (secondary N) is 2. The van der Waals surface area contributed by atoms with Gasteiger partial charge in [-0.3, -0.25) is 14.4 Å². The van der Waals surface area contributed by atoms with Gasteiger partial charge in [0.25, 0.3) is 0 Å². The molecule has 2 atom stereocenters. The van der Waals surface area contributed by atoms with Gasteiger partial charge in [0, 0.05) is 6.42 Å². The highest BCUT2D eigenvalue weighted by Crippen LogP contribution is 2.29. The minimum atomic E-state index is -4.50. The van der Waals surface area contributed by atoms with Gasteiger partial charge in [-0.05, 0) is 30.0 Å². The highest BCUT2D eigenvalue weighted by atomic mass is 19.4. The number of carbonyl (C=O) groups is 4. The lowest BCUT2D eigenvalue weighted by atomic mass is 10.0. The first-order valence-corrected chi connectivity index (χ1v) is 9.01. The first-order valence-electron chi connectivity index (χ1n) is 9.01. The van der Waals surface area contributed by atoms with Crippen LogP contribution in [0.5, 0.6) is 0 Å². The van der Waals surface area contributed by atoms with Crippen molar-refractivity contribution in [2.75, 3.05) is 0 Å². The standard InChI is InChI=1S/C19H23F3N2O6/c1-10(2)16(17(28)23-13(18(29)30)7-8-15(26)27)24-14(25)9-11-3-5-12(6-4-11)19(20,21)22/h3-6,10,13,16H,7-9H2,1-2H3,(H,23,28)(H,24,25)(H,26,27)(H,29,30)/t13-,16+/m1/s1. The number of benzene rings is 1. The lowest BCUT2D eigenvalue weighted by Crippen LogP contribution is -2.54.